The number of esters is 1. The summed E-state index contributed by atoms with van der Waals surface area (Å²) in [4.78, 5) is 15.7. The Morgan fingerprint density at radius 2 is 2.29 bits per heavy atom. The number of hydrogen-bond acceptors (Lipinski definition) is 6. The van der Waals surface area contributed by atoms with Gasteiger partial charge in [0.15, 0.2) is 8.68 Å². The first-order valence-corrected chi connectivity index (χ1v) is 9.29. The van der Waals surface area contributed by atoms with Crippen molar-refractivity contribution in [3.05, 3.63) is 10.2 Å². The van der Waals surface area contributed by atoms with Crippen LogP contribution < -0.4 is 0 Å². The highest BCUT2D eigenvalue weighted by Crippen LogP contribution is 2.31. The van der Waals surface area contributed by atoms with E-state index in [1.54, 1.807) is 13.8 Å². The number of carbonyl (C=O) groups excluding carboxylic acids is 1. The summed E-state index contributed by atoms with van der Waals surface area (Å²) in [5.74, 6) is -0.742. The van der Waals surface area contributed by atoms with Crippen LogP contribution in [-0.4, -0.2) is 43.4 Å². The van der Waals surface area contributed by atoms with Gasteiger partial charge in [0.2, 0.25) is 0 Å². The summed E-state index contributed by atoms with van der Waals surface area (Å²) in [6.45, 7) is 4.19. The van der Waals surface area contributed by atoms with Crippen LogP contribution in [0.2, 0.25) is 4.47 Å². The van der Waals surface area contributed by atoms with E-state index in [9.17, 15) is 13.2 Å². The Morgan fingerprint density at radius 1 is 1.57 bits per heavy atom. The fraction of sp³-hybridized carbons (Fsp3) is 0.667. The van der Waals surface area contributed by atoms with Crippen LogP contribution in [0.1, 0.15) is 25.5 Å². The van der Waals surface area contributed by atoms with Crippen molar-refractivity contribution < 1.29 is 17.9 Å². The third-order valence-electron chi connectivity index (χ3n) is 3.31. The van der Waals surface area contributed by atoms with Gasteiger partial charge in [0, 0.05) is 13.1 Å². The Kier molecular flexibility index (Phi) is 5.24. The van der Waals surface area contributed by atoms with E-state index in [1.165, 1.54) is 4.31 Å². The molecule has 0 N–H and O–H groups in total. The van der Waals surface area contributed by atoms with Crippen molar-refractivity contribution >= 4 is 38.9 Å². The van der Waals surface area contributed by atoms with Crippen LogP contribution >= 0.6 is 22.9 Å². The molecule has 1 fully saturated rings. The zero-order chi connectivity index (χ0) is 15.6. The molecule has 1 unspecified atom stereocenters. The number of hydrogen-bond donors (Lipinski definition) is 0. The molecule has 6 nitrogen and oxygen atoms in total. The highest BCUT2D eigenvalue weighted by Gasteiger charge is 2.35. The Labute approximate surface area is 133 Å². The maximum absolute atomic E-state index is 12.6. The lowest BCUT2D eigenvalue weighted by atomic mass is 10.0. The fourth-order valence-electron chi connectivity index (χ4n) is 2.32. The molecule has 2 rings (SSSR count). The van der Waals surface area contributed by atoms with E-state index in [2.05, 4.69) is 4.98 Å². The molecule has 1 aromatic rings. The van der Waals surface area contributed by atoms with Crippen LogP contribution in [0.5, 0.6) is 0 Å². The van der Waals surface area contributed by atoms with Crippen molar-refractivity contribution in [2.24, 2.45) is 5.92 Å². The molecule has 1 aliphatic rings. The van der Waals surface area contributed by atoms with Gasteiger partial charge < -0.3 is 4.74 Å². The molecule has 118 valence electrons. The average molecular weight is 353 g/mol. The SMILES string of the molecule is CCOC(=O)C1CCCN(S(=O)(=O)c2sc(Cl)nc2C)C1. The summed E-state index contributed by atoms with van der Waals surface area (Å²) in [6.07, 6.45) is 1.28. The summed E-state index contributed by atoms with van der Waals surface area (Å²) >= 11 is 6.72. The van der Waals surface area contributed by atoms with Gasteiger partial charge in [-0.1, -0.05) is 22.9 Å². The van der Waals surface area contributed by atoms with E-state index >= 15 is 0 Å². The fourth-order valence-corrected chi connectivity index (χ4v) is 5.72. The molecule has 0 amide bonds. The van der Waals surface area contributed by atoms with Crippen molar-refractivity contribution in [1.82, 2.24) is 9.29 Å². The van der Waals surface area contributed by atoms with Gasteiger partial charge in [-0.3, -0.25) is 4.79 Å². The smallest absolute Gasteiger partial charge is 0.310 e. The minimum atomic E-state index is -3.66. The van der Waals surface area contributed by atoms with Gasteiger partial charge in [-0.25, -0.2) is 13.4 Å². The van der Waals surface area contributed by atoms with Gasteiger partial charge in [0.1, 0.15) is 0 Å². The van der Waals surface area contributed by atoms with Gasteiger partial charge in [0.25, 0.3) is 10.0 Å². The molecule has 1 saturated heterocycles. The van der Waals surface area contributed by atoms with E-state index < -0.39 is 15.9 Å². The maximum Gasteiger partial charge on any atom is 0.310 e. The number of halogens is 1. The molecule has 0 bridgehead atoms. The maximum atomic E-state index is 12.6. The first kappa shape index (κ1) is 16.7. The lowest BCUT2D eigenvalue weighted by molar-refractivity contribution is -0.149. The predicted octanol–water partition coefficient (Wildman–Crippen LogP) is 2.07. The number of ether oxygens (including phenoxy) is 1. The lowest BCUT2D eigenvalue weighted by Crippen LogP contribution is -2.42. The van der Waals surface area contributed by atoms with Gasteiger partial charge in [0.05, 0.1) is 18.2 Å². The molecule has 1 aliphatic heterocycles. The molecular weight excluding hydrogens is 336 g/mol. The van der Waals surface area contributed by atoms with Gasteiger partial charge >= 0.3 is 5.97 Å². The van der Waals surface area contributed by atoms with Crippen molar-refractivity contribution in [2.75, 3.05) is 19.7 Å². The zero-order valence-electron chi connectivity index (χ0n) is 11.8. The molecule has 0 aromatic carbocycles. The van der Waals surface area contributed by atoms with E-state index in [-0.39, 0.29) is 21.2 Å². The monoisotopic (exact) mass is 352 g/mol. The molecule has 21 heavy (non-hydrogen) atoms. The van der Waals surface area contributed by atoms with Gasteiger partial charge in [-0.2, -0.15) is 4.31 Å². The Morgan fingerprint density at radius 3 is 2.86 bits per heavy atom. The molecule has 0 aliphatic carbocycles. The normalized spacial score (nSPS) is 20.4. The number of piperidine rings is 1. The van der Waals surface area contributed by atoms with E-state index in [0.29, 0.717) is 31.7 Å². The number of carbonyl (C=O) groups is 1. The van der Waals surface area contributed by atoms with Gasteiger partial charge in [-0.05, 0) is 26.7 Å². The number of aromatic nitrogens is 1. The summed E-state index contributed by atoms with van der Waals surface area (Å²) in [5.41, 5.74) is 0.392. The first-order valence-electron chi connectivity index (χ1n) is 6.66. The summed E-state index contributed by atoms with van der Waals surface area (Å²) in [6, 6.07) is 0. The quantitative estimate of drug-likeness (QED) is 0.775. The minimum Gasteiger partial charge on any atom is -0.466 e. The average Bonchev–Trinajstić information content (AvgIpc) is 2.79. The Bertz CT molecular complexity index is 629. The number of rotatable bonds is 4. The van der Waals surface area contributed by atoms with Crippen LogP contribution in [0, 0.1) is 12.8 Å². The zero-order valence-corrected chi connectivity index (χ0v) is 14.2. The molecule has 1 aromatic heterocycles. The number of thiazole rings is 1. The number of nitrogens with zero attached hydrogens (tertiary/aromatic N) is 2. The standard InChI is InChI=1S/C12H17ClN2O4S2/c1-3-19-10(16)9-5-4-6-15(7-9)21(17,18)11-8(2)14-12(13)20-11/h9H,3-7H2,1-2H3. The van der Waals surface area contributed by atoms with E-state index in [1.807, 2.05) is 0 Å². The second-order valence-corrected chi connectivity index (χ2v) is 8.51. The second kappa shape index (κ2) is 6.60. The molecule has 2 heterocycles. The van der Waals surface area contributed by atoms with Crippen LogP contribution in [-0.2, 0) is 19.6 Å². The number of sulfonamides is 1. The van der Waals surface area contributed by atoms with Crippen molar-refractivity contribution in [3.8, 4) is 0 Å². The van der Waals surface area contributed by atoms with Crippen LogP contribution in [0.25, 0.3) is 0 Å². The largest absolute Gasteiger partial charge is 0.466 e. The van der Waals surface area contributed by atoms with E-state index in [4.69, 9.17) is 16.3 Å². The highest BCUT2D eigenvalue weighted by molar-refractivity contribution is 7.91. The molecule has 0 saturated carbocycles. The van der Waals surface area contributed by atoms with Crippen LogP contribution in [0.3, 0.4) is 0 Å². The lowest BCUT2D eigenvalue weighted by Gasteiger charge is -2.30. The van der Waals surface area contributed by atoms with Crippen molar-refractivity contribution in [3.63, 3.8) is 0 Å². The molecule has 0 spiro atoms. The minimum absolute atomic E-state index is 0.149. The third kappa shape index (κ3) is 3.56. The topological polar surface area (TPSA) is 76.6 Å². The summed E-state index contributed by atoms with van der Waals surface area (Å²) in [7, 11) is -3.66. The highest BCUT2D eigenvalue weighted by atomic mass is 35.5. The van der Waals surface area contributed by atoms with E-state index in [0.717, 1.165) is 11.3 Å². The van der Waals surface area contributed by atoms with Crippen LogP contribution in [0.15, 0.2) is 4.21 Å². The first-order chi connectivity index (χ1) is 9.86. The second-order valence-electron chi connectivity index (χ2n) is 4.79. The molecular formula is C12H17ClN2O4S2. The Hall–Kier alpha value is -0.700. The Balaban J connectivity index is 2.20. The van der Waals surface area contributed by atoms with Crippen molar-refractivity contribution in [1.29, 1.82) is 0 Å². The van der Waals surface area contributed by atoms with Gasteiger partial charge in [-0.15, -0.1) is 0 Å². The number of aryl methyl sites for hydroxylation is 1. The summed E-state index contributed by atoms with van der Waals surface area (Å²) in [5, 5.41) is 0. The summed E-state index contributed by atoms with van der Waals surface area (Å²) < 4.78 is 31.9. The molecule has 1 atom stereocenters. The molecule has 0 radical (unpaired) electrons. The molecule has 9 heteroatoms. The predicted molar refractivity (Wildman–Crippen MR) is 80.0 cm³/mol. The van der Waals surface area contributed by atoms with Crippen LogP contribution in [0.4, 0.5) is 0 Å². The van der Waals surface area contributed by atoms with Crippen molar-refractivity contribution in [2.45, 2.75) is 30.9 Å². The third-order valence-corrected chi connectivity index (χ3v) is 7.02.